The van der Waals surface area contributed by atoms with Gasteiger partial charge in [-0.2, -0.15) is 0 Å². The second-order valence-corrected chi connectivity index (χ2v) is 6.41. The van der Waals surface area contributed by atoms with Crippen LogP contribution in [0.1, 0.15) is 17.2 Å². The van der Waals surface area contributed by atoms with E-state index in [2.05, 4.69) is 46.8 Å². The Morgan fingerprint density at radius 2 is 1.68 bits per heavy atom. The fraction of sp³-hybridized carbons (Fsp3) is 0.381. The van der Waals surface area contributed by atoms with Crippen molar-refractivity contribution >= 4 is 29.9 Å². The maximum atomic E-state index is 5.35. The fourth-order valence-corrected chi connectivity index (χ4v) is 2.79. The standard InChI is InChI=1S/C21H30N4O2.HI/c1-22-21(23-14-16-9-11-18(26-4)12-10-16)24-15-20(25(2)3)17-7-6-8-19(13-17)27-5;/h6-13,20H,14-15H2,1-5H3,(H2,22,23,24);1H. The molecule has 2 aromatic carbocycles. The van der Waals surface area contributed by atoms with Crippen molar-refractivity contribution in [2.75, 3.05) is 41.9 Å². The molecule has 0 spiro atoms. The maximum Gasteiger partial charge on any atom is 0.191 e. The Kier molecular flexibility index (Phi) is 10.7. The monoisotopic (exact) mass is 498 g/mol. The smallest absolute Gasteiger partial charge is 0.191 e. The second kappa shape index (κ2) is 12.5. The Hall–Kier alpha value is -2.00. The summed E-state index contributed by atoms with van der Waals surface area (Å²) in [5.74, 6) is 2.48. The third-order valence-electron chi connectivity index (χ3n) is 4.41. The average Bonchev–Trinajstić information content (AvgIpc) is 2.70. The number of hydrogen-bond acceptors (Lipinski definition) is 4. The van der Waals surface area contributed by atoms with Crippen molar-refractivity contribution in [1.29, 1.82) is 0 Å². The Morgan fingerprint density at radius 3 is 2.25 bits per heavy atom. The van der Waals surface area contributed by atoms with Gasteiger partial charge in [0.2, 0.25) is 0 Å². The maximum absolute atomic E-state index is 5.35. The van der Waals surface area contributed by atoms with Crippen LogP contribution in [-0.2, 0) is 6.54 Å². The number of ether oxygens (including phenoxy) is 2. The highest BCUT2D eigenvalue weighted by Gasteiger charge is 2.15. The molecule has 6 nitrogen and oxygen atoms in total. The number of hydrogen-bond donors (Lipinski definition) is 2. The molecule has 0 aliphatic carbocycles. The van der Waals surface area contributed by atoms with E-state index < -0.39 is 0 Å². The van der Waals surface area contributed by atoms with E-state index >= 15 is 0 Å². The van der Waals surface area contributed by atoms with E-state index in [0.29, 0.717) is 6.54 Å². The molecule has 0 radical (unpaired) electrons. The van der Waals surface area contributed by atoms with Crippen LogP contribution < -0.4 is 20.1 Å². The quantitative estimate of drug-likeness (QED) is 0.333. The lowest BCUT2D eigenvalue weighted by Crippen LogP contribution is -2.41. The van der Waals surface area contributed by atoms with E-state index in [9.17, 15) is 0 Å². The molecule has 0 bridgehead atoms. The fourth-order valence-electron chi connectivity index (χ4n) is 2.79. The molecule has 0 amide bonds. The van der Waals surface area contributed by atoms with Gasteiger partial charge in [-0.3, -0.25) is 4.99 Å². The van der Waals surface area contributed by atoms with Gasteiger partial charge in [0.25, 0.3) is 0 Å². The van der Waals surface area contributed by atoms with Gasteiger partial charge < -0.3 is 25.0 Å². The molecule has 0 fully saturated rings. The van der Waals surface area contributed by atoms with Gasteiger partial charge >= 0.3 is 0 Å². The van der Waals surface area contributed by atoms with Crippen LogP contribution in [0.25, 0.3) is 0 Å². The first kappa shape index (κ1) is 24.0. The highest BCUT2D eigenvalue weighted by Crippen LogP contribution is 2.22. The van der Waals surface area contributed by atoms with Crippen LogP contribution in [0.5, 0.6) is 11.5 Å². The molecule has 1 atom stereocenters. The van der Waals surface area contributed by atoms with E-state index in [0.717, 1.165) is 29.6 Å². The van der Waals surface area contributed by atoms with Crippen LogP contribution in [0.2, 0.25) is 0 Å². The van der Waals surface area contributed by atoms with E-state index in [1.807, 2.05) is 36.4 Å². The summed E-state index contributed by atoms with van der Waals surface area (Å²) in [4.78, 5) is 6.50. The molecule has 28 heavy (non-hydrogen) atoms. The molecule has 0 aromatic heterocycles. The summed E-state index contributed by atoms with van der Waals surface area (Å²) in [7, 11) is 9.27. The normalized spacial score (nSPS) is 12.1. The largest absolute Gasteiger partial charge is 0.497 e. The van der Waals surface area contributed by atoms with E-state index in [1.54, 1.807) is 21.3 Å². The number of likely N-dealkylation sites (N-methyl/N-ethyl adjacent to an activating group) is 1. The van der Waals surface area contributed by atoms with Crippen LogP contribution in [0.15, 0.2) is 53.5 Å². The summed E-state index contributed by atoms with van der Waals surface area (Å²) in [6.45, 7) is 1.41. The highest BCUT2D eigenvalue weighted by molar-refractivity contribution is 14.0. The summed E-state index contributed by atoms with van der Waals surface area (Å²) in [5, 5.41) is 6.76. The SMILES string of the molecule is CN=C(NCc1ccc(OC)cc1)NCC(c1cccc(OC)c1)N(C)C.I. The van der Waals surface area contributed by atoms with Gasteiger partial charge in [0.05, 0.1) is 20.3 Å². The molecule has 0 saturated carbocycles. The predicted molar refractivity (Wildman–Crippen MR) is 126 cm³/mol. The van der Waals surface area contributed by atoms with Crippen LogP contribution in [0.3, 0.4) is 0 Å². The van der Waals surface area contributed by atoms with Crippen molar-refractivity contribution in [3.05, 3.63) is 59.7 Å². The first-order valence-corrected chi connectivity index (χ1v) is 8.95. The Balaban J connectivity index is 0.00000392. The van der Waals surface area contributed by atoms with E-state index in [-0.39, 0.29) is 30.0 Å². The van der Waals surface area contributed by atoms with Gasteiger partial charge in [-0.15, -0.1) is 24.0 Å². The number of nitrogens with one attached hydrogen (secondary N) is 2. The van der Waals surface area contributed by atoms with Gasteiger partial charge in [0.15, 0.2) is 5.96 Å². The number of guanidine groups is 1. The van der Waals surface area contributed by atoms with Gasteiger partial charge in [-0.25, -0.2) is 0 Å². The number of halogens is 1. The lowest BCUT2D eigenvalue weighted by molar-refractivity contribution is 0.297. The topological polar surface area (TPSA) is 58.1 Å². The molecular weight excluding hydrogens is 467 g/mol. The van der Waals surface area contributed by atoms with E-state index in [1.165, 1.54) is 5.56 Å². The number of nitrogens with zero attached hydrogens (tertiary/aromatic N) is 2. The lowest BCUT2D eigenvalue weighted by atomic mass is 10.1. The number of benzene rings is 2. The minimum Gasteiger partial charge on any atom is -0.497 e. The molecule has 2 aromatic rings. The Labute approximate surface area is 185 Å². The average molecular weight is 498 g/mol. The molecule has 2 rings (SSSR count). The minimum absolute atomic E-state index is 0. The molecule has 154 valence electrons. The zero-order chi connectivity index (χ0) is 19.6. The van der Waals surface area contributed by atoms with Gasteiger partial charge in [0.1, 0.15) is 11.5 Å². The summed E-state index contributed by atoms with van der Waals surface area (Å²) in [5.41, 5.74) is 2.35. The molecule has 0 heterocycles. The zero-order valence-corrected chi connectivity index (χ0v) is 19.6. The number of aliphatic imine (C=N–C) groups is 1. The molecule has 7 heteroatoms. The minimum atomic E-state index is 0. The second-order valence-electron chi connectivity index (χ2n) is 6.41. The molecule has 0 saturated heterocycles. The summed E-state index contributed by atoms with van der Waals surface area (Å²) in [6, 6.07) is 16.3. The van der Waals surface area contributed by atoms with Crippen LogP contribution in [0, 0.1) is 0 Å². The zero-order valence-electron chi connectivity index (χ0n) is 17.2. The molecule has 0 aliphatic heterocycles. The predicted octanol–water partition coefficient (Wildman–Crippen LogP) is 3.29. The van der Waals surface area contributed by atoms with Crippen molar-refractivity contribution in [3.8, 4) is 11.5 Å². The molecule has 2 N–H and O–H groups in total. The van der Waals surface area contributed by atoms with Crippen molar-refractivity contribution in [2.45, 2.75) is 12.6 Å². The first-order valence-electron chi connectivity index (χ1n) is 8.95. The highest BCUT2D eigenvalue weighted by atomic mass is 127. The van der Waals surface area contributed by atoms with Crippen molar-refractivity contribution in [2.24, 2.45) is 4.99 Å². The van der Waals surface area contributed by atoms with Crippen LogP contribution >= 0.6 is 24.0 Å². The van der Waals surface area contributed by atoms with Gasteiger partial charge in [-0.1, -0.05) is 24.3 Å². The first-order chi connectivity index (χ1) is 13.1. The Bertz CT molecular complexity index is 735. The summed E-state index contributed by atoms with van der Waals surface area (Å²) >= 11 is 0. The van der Waals surface area contributed by atoms with Crippen molar-refractivity contribution in [3.63, 3.8) is 0 Å². The van der Waals surface area contributed by atoms with Crippen LogP contribution in [-0.4, -0.2) is 52.8 Å². The van der Waals surface area contributed by atoms with Crippen LogP contribution in [0.4, 0.5) is 0 Å². The third kappa shape index (κ3) is 7.20. The van der Waals surface area contributed by atoms with Gasteiger partial charge in [0, 0.05) is 20.1 Å². The van der Waals surface area contributed by atoms with Crippen molar-refractivity contribution in [1.82, 2.24) is 15.5 Å². The number of rotatable bonds is 8. The molecule has 1 unspecified atom stereocenters. The summed E-state index contributed by atoms with van der Waals surface area (Å²) < 4.78 is 10.5. The number of methoxy groups -OCH3 is 2. The third-order valence-corrected chi connectivity index (χ3v) is 4.41. The van der Waals surface area contributed by atoms with Gasteiger partial charge in [-0.05, 0) is 49.5 Å². The molecular formula is C21H31IN4O2. The Morgan fingerprint density at radius 1 is 1.00 bits per heavy atom. The molecule has 0 aliphatic rings. The lowest BCUT2D eigenvalue weighted by Gasteiger charge is -2.26. The summed E-state index contributed by atoms with van der Waals surface area (Å²) in [6.07, 6.45) is 0. The van der Waals surface area contributed by atoms with E-state index in [4.69, 9.17) is 9.47 Å². The van der Waals surface area contributed by atoms with Crippen molar-refractivity contribution < 1.29 is 9.47 Å².